The average Bonchev–Trinajstić information content (AvgIpc) is 3.13. The van der Waals surface area contributed by atoms with E-state index in [0.29, 0.717) is 12.1 Å². The summed E-state index contributed by atoms with van der Waals surface area (Å²) in [5.41, 5.74) is 3.21. The molecule has 2 unspecified atom stereocenters. The van der Waals surface area contributed by atoms with Crippen molar-refractivity contribution in [2.75, 3.05) is 6.26 Å². The van der Waals surface area contributed by atoms with Crippen LogP contribution in [-0.2, 0) is 6.42 Å². The van der Waals surface area contributed by atoms with Crippen LogP contribution < -0.4 is 5.32 Å². The predicted octanol–water partition coefficient (Wildman–Crippen LogP) is 2.44. The summed E-state index contributed by atoms with van der Waals surface area (Å²) >= 11 is 1.49. The third kappa shape index (κ3) is 2.39. The highest BCUT2D eigenvalue weighted by molar-refractivity contribution is 7.98. The number of pyridine rings is 1. The number of amides is 1. The Bertz CT molecular complexity index is 922. The Balaban J connectivity index is 1.68. The van der Waals surface area contributed by atoms with Crippen LogP contribution in [0.15, 0.2) is 53.8 Å². The molecular formula is C18H17N3O2S. The van der Waals surface area contributed by atoms with Gasteiger partial charge in [0.15, 0.2) is 10.9 Å². The van der Waals surface area contributed by atoms with E-state index in [2.05, 4.69) is 10.3 Å². The van der Waals surface area contributed by atoms with Crippen LogP contribution in [0.3, 0.4) is 0 Å². The quantitative estimate of drug-likeness (QED) is 0.719. The topological polar surface area (TPSA) is 66.6 Å². The average molecular weight is 339 g/mol. The van der Waals surface area contributed by atoms with Gasteiger partial charge in [-0.1, -0.05) is 42.1 Å². The maximum Gasteiger partial charge on any atom is 0.272 e. The van der Waals surface area contributed by atoms with Crippen LogP contribution >= 0.6 is 11.8 Å². The first-order chi connectivity index (χ1) is 11.7. The molecule has 1 amide bonds. The second-order valence-corrected chi connectivity index (χ2v) is 6.60. The molecule has 4 rings (SSSR count). The number of carbonyl (C=O) groups is 1. The fourth-order valence-corrected chi connectivity index (χ4v) is 3.82. The van der Waals surface area contributed by atoms with Gasteiger partial charge < -0.3 is 10.4 Å². The molecule has 24 heavy (non-hydrogen) atoms. The van der Waals surface area contributed by atoms with Crippen molar-refractivity contribution >= 4 is 23.2 Å². The fraction of sp³-hybridized carbons (Fsp3) is 0.222. The van der Waals surface area contributed by atoms with E-state index in [4.69, 9.17) is 0 Å². The monoisotopic (exact) mass is 339 g/mol. The first kappa shape index (κ1) is 15.2. The third-order valence-electron chi connectivity index (χ3n) is 4.40. The highest BCUT2D eigenvalue weighted by atomic mass is 32.2. The SMILES string of the molecule is CSc1nc(C(=O)NC2c3ccccc3CC2O)c2ccccn12. The summed E-state index contributed by atoms with van der Waals surface area (Å²) in [6.07, 6.45) is 3.77. The number of hydrogen-bond donors (Lipinski definition) is 2. The number of nitrogens with one attached hydrogen (secondary N) is 1. The van der Waals surface area contributed by atoms with E-state index in [9.17, 15) is 9.90 Å². The highest BCUT2D eigenvalue weighted by Gasteiger charge is 2.33. The van der Waals surface area contributed by atoms with Crippen LogP contribution in [0.2, 0.25) is 0 Å². The number of imidazole rings is 1. The molecule has 2 N–H and O–H groups in total. The predicted molar refractivity (Wildman–Crippen MR) is 93.3 cm³/mol. The molecule has 2 aromatic heterocycles. The van der Waals surface area contributed by atoms with Gasteiger partial charge in [-0.25, -0.2) is 4.98 Å². The van der Waals surface area contributed by atoms with Gasteiger partial charge in [0, 0.05) is 12.6 Å². The molecular weight excluding hydrogens is 322 g/mol. The number of carbonyl (C=O) groups excluding carboxylic acids is 1. The summed E-state index contributed by atoms with van der Waals surface area (Å²) in [4.78, 5) is 17.3. The van der Waals surface area contributed by atoms with Gasteiger partial charge in [0.1, 0.15) is 0 Å². The lowest BCUT2D eigenvalue weighted by molar-refractivity contribution is 0.0855. The lowest BCUT2D eigenvalue weighted by atomic mass is 10.1. The zero-order valence-electron chi connectivity index (χ0n) is 13.1. The van der Waals surface area contributed by atoms with Crippen LogP contribution in [0.25, 0.3) is 5.52 Å². The first-order valence-electron chi connectivity index (χ1n) is 7.77. The summed E-state index contributed by atoms with van der Waals surface area (Å²) < 4.78 is 1.90. The number of rotatable bonds is 3. The molecule has 5 nitrogen and oxygen atoms in total. The van der Waals surface area contributed by atoms with Gasteiger partial charge in [-0.3, -0.25) is 9.20 Å². The number of nitrogens with zero attached hydrogens (tertiary/aromatic N) is 2. The normalized spacial score (nSPS) is 19.4. The van der Waals surface area contributed by atoms with Crippen molar-refractivity contribution in [2.24, 2.45) is 0 Å². The summed E-state index contributed by atoms with van der Waals surface area (Å²) in [6, 6.07) is 13.1. The van der Waals surface area contributed by atoms with Gasteiger partial charge in [0.25, 0.3) is 5.91 Å². The number of hydrogen-bond acceptors (Lipinski definition) is 4. The van der Waals surface area contributed by atoms with Gasteiger partial charge in [-0.2, -0.15) is 0 Å². The Kier molecular flexibility index (Phi) is 3.78. The molecule has 0 fully saturated rings. The summed E-state index contributed by atoms with van der Waals surface area (Å²) in [5.74, 6) is -0.264. The molecule has 0 aliphatic heterocycles. The maximum atomic E-state index is 12.8. The summed E-state index contributed by atoms with van der Waals surface area (Å²) in [7, 11) is 0. The van der Waals surface area contributed by atoms with E-state index < -0.39 is 12.1 Å². The van der Waals surface area contributed by atoms with E-state index >= 15 is 0 Å². The first-order valence-corrected chi connectivity index (χ1v) is 8.99. The van der Waals surface area contributed by atoms with E-state index in [1.807, 2.05) is 59.3 Å². The number of aliphatic hydroxyl groups is 1. The molecule has 3 aromatic rings. The molecule has 0 spiro atoms. The van der Waals surface area contributed by atoms with E-state index in [-0.39, 0.29) is 5.91 Å². The van der Waals surface area contributed by atoms with Gasteiger partial charge >= 0.3 is 0 Å². The number of aromatic nitrogens is 2. The molecule has 122 valence electrons. The van der Waals surface area contributed by atoms with Crippen molar-refractivity contribution in [3.05, 3.63) is 65.5 Å². The van der Waals surface area contributed by atoms with Gasteiger partial charge in [0.2, 0.25) is 0 Å². The fourth-order valence-electron chi connectivity index (χ4n) is 3.28. The van der Waals surface area contributed by atoms with Crippen molar-refractivity contribution in [2.45, 2.75) is 23.7 Å². The summed E-state index contributed by atoms with van der Waals surface area (Å²) in [6.45, 7) is 0. The van der Waals surface area contributed by atoms with Crippen LogP contribution in [0.5, 0.6) is 0 Å². The van der Waals surface area contributed by atoms with E-state index in [1.54, 1.807) is 0 Å². The Morgan fingerprint density at radius 1 is 1.29 bits per heavy atom. The molecule has 0 bridgehead atoms. The zero-order valence-corrected chi connectivity index (χ0v) is 14.0. The third-order valence-corrected chi connectivity index (χ3v) is 5.06. The van der Waals surface area contributed by atoms with Gasteiger partial charge in [-0.05, 0) is 29.5 Å². The molecule has 2 heterocycles. The molecule has 0 radical (unpaired) electrons. The minimum atomic E-state index is -0.611. The Labute approximate surface area is 143 Å². The minimum absolute atomic E-state index is 0.264. The largest absolute Gasteiger partial charge is 0.390 e. The number of fused-ring (bicyclic) bond motifs is 2. The number of benzene rings is 1. The lowest BCUT2D eigenvalue weighted by Crippen LogP contribution is -2.34. The molecule has 6 heteroatoms. The number of thioether (sulfide) groups is 1. The Hall–Kier alpha value is -2.31. The van der Waals surface area contributed by atoms with Gasteiger partial charge in [0.05, 0.1) is 17.7 Å². The van der Waals surface area contributed by atoms with Crippen LogP contribution in [0.4, 0.5) is 0 Å². The van der Waals surface area contributed by atoms with Gasteiger partial charge in [-0.15, -0.1) is 0 Å². The Morgan fingerprint density at radius 3 is 2.92 bits per heavy atom. The Morgan fingerprint density at radius 2 is 2.08 bits per heavy atom. The molecule has 2 atom stereocenters. The van der Waals surface area contributed by atoms with Crippen LogP contribution in [0.1, 0.15) is 27.7 Å². The molecule has 0 saturated carbocycles. The molecule has 1 aromatic carbocycles. The van der Waals surface area contributed by atoms with Crippen molar-refractivity contribution in [3.63, 3.8) is 0 Å². The second kappa shape index (κ2) is 5.96. The molecule has 1 aliphatic carbocycles. The second-order valence-electron chi connectivity index (χ2n) is 5.82. The summed E-state index contributed by atoms with van der Waals surface area (Å²) in [5, 5.41) is 14.0. The standard InChI is InChI=1S/C18H17N3O2S/c1-24-18-20-16(13-8-4-5-9-21(13)18)17(23)19-15-12-7-3-2-6-11(12)10-14(15)22/h2-9,14-15,22H,10H2,1H3,(H,19,23). The molecule has 1 aliphatic rings. The van der Waals surface area contributed by atoms with E-state index in [1.165, 1.54) is 11.8 Å². The smallest absolute Gasteiger partial charge is 0.272 e. The van der Waals surface area contributed by atoms with Crippen molar-refractivity contribution < 1.29 is 9.90 Å². The minimum Gasteiger partial charge on any atom is -0.390 e. The van der Waals surface area contributed by atoms with Crippen molar-refractivity contribution in [1.82, 2.24) is 14.7 Å². The van der Waals surface area contributed by atoms with Crippen LogP contribution in [0, 0.1) is 0 Å². The lowest BCUT2D eigenvalue weighted by Gasteiger charge is -2.17. The van der Waals surface area contributed by atoms with Crippen molar-refractivity contribution in [1.29, 1.82) is 0 Å². The zero-order chi connectivity index (χ0) is 16.7. The molecule has 0 saturated heterocycles. The number of aliphatic hydroxyl groups excluding tert-OH is 1. The maximum absolute atomic E-state index is 12.8. The van der Waals surface area contributed by atoms with Crippen molar-refractivity contribution in [3.8, 4) is 0 Å². The highest BCUT2D eigenvalue weighted by Crippen LogP contribution is 2.31. The van der Waals surface area contributed by atoms with E-state index in [0.717, 1.165) is 21.8 Å². The van der Waals surface area contributed by atoms with Crippen LogP contribution in [-0.4, -0.2) is 32.8 Å².